The number of rotatable bonds is 4. The lowest BCUT2D eigenvalue weighted by atomic mass is 10.1. The number of ketones is 1. The van der Waals surface area contributed by atoms with Crippen molar-refractivity contribution in [1.29, 1.82) is 5.26 Å². The molecule has 0 N–H and O–H groups in total. The Morgan fingerprint density at radius 2 is 1.69 bits per heavy atom. The van der Waals surface area contributed by atoms with E-state index in [0.29, 0.717) is 74.1 Å². The van der Waals surface area contributed by atoms with Crippen LogP contribution in [0.1, 0.15) is 26.3 Å². The Morgan fingerprint density at radius 3 is 2.45 bits per heavy atom. The maximum Gasteiger partial charge on any atom is 0.253 e. The second-order valence-corrected chi connectivity index (χ2v) is 7.04. The SMILES string of the molecule is N#Cc1cccc(C(=O)N2CCN(CC(=O)c3ccc4c(c3)OCCO4)CC2)c1. The molecule has 0 aliphatic carbocycles. The number of carbonyl (C=O) groups is 2. The quantitative estimate of drug-likeness (QED) is 0.741. The summed E-state index contributed by atoms with van der Waals surface area (Å²) in [6.45, 7) is 3.64. The fraction of sp³-hybridized carbons (Fsp3) is 0.318. The number of carbonyl (C=O) groups excluding carboxylic acids is 2. The highest BCUT2D eigenvalue weighted by molar-refractivity contribution is 5.98. The van der Waals surface area contributed by atoms with Crippen LogP contribution in [0.25, 0.3) is 0 Å². The van der Waals surface area contributed by atoms with E-state index in [-0.39, 0.29) is 11.7 Å². The van der Waals surface area contributed by atoms with Gasteiger partial charge in [0.15, 0.2) is 17.3 Å². The highest BCUT2D eigenvalue weighted by Gasteiger charge is 2.24. The molecule has 0 spiro atoms. The molecule has 2 heterocycles. The Labute approximate surface area is 169 Å². The summed E-state index contributed by atoms with van der Waals surface area (Å²) in [5, 5.41) is 9.00. The normalized spacial score (nSPS) is 16.2. The van der Waals surface area contributed by atoms with E-state index in [0.717, 1.165) is 0 Å². The molecular weight excluding hydrogens is 370 g/mol. The van der Waals surface area contributed by atoms with Crippen molar-refractivity contribution in [3.05, 3.63) is 59.2 Å². The van der Waals surface area contributed by atoms with Crippen LogP contribution in [0, 0.1) is 11.3 Å². The Kier molecular flexibility index (Phi) is 5.45. The van der Waals surface area contributed by atoms with Crippen LogP contribution in [-0.4, -0.2) is 67.4 Å². The largest absolute Gasteiger partial charge is 0.486 e. The topological polar surface area (TPSA) is 82.9 Å². The van der Waals surface area contributed by atoms with Crippen LogP contribution in [0.15, 0.2) is 42.5 Å². The maximum atomic E-state index is 12.7. The fourth-order valence-electron chi connectivity index (χ4n) is 3.52. The number of nitriles is 1. The zero-order valence-corrected chi connectivity index (χ0v) is 16.0. The van der Waals surface area contributed by atoms with Crippen LogP contribution < -0.4 is 9.47 Å². The lowest BCUT2D eigenvalue weighted by Crippen LogP contribution is -2.49. The maximum absolute atomic E-state index is 12.7. The van der Waals surface area contributed by atoms with Gasteiger partial charge in [-0.2, -0.15) is 5.26 Å². The van der Waals surface area contributed by atoms with Gasteiger partial charge >= 0.3 is 0 Å². The van der Waals surface area contributed by atoms with E-state index in [2.05, 4.69) is 11.0 Å². The molecule has 7 nitrogen and oxygen atoms in total. The van der Waals surface area contributed by atoms with Gasteiger partial charge in [-0.25, -0.2) is 0 Å². The van der Waals surface area contributed by atoms with Crippen LogP contribution in [0.2, 0.25) is 0 Å². The minimum atomic E-state index is -0.0834. The third-order valence-corrected chi connectivity index (χ3v) is 5.13. The average Bonchev–Trinajstić information content (AvgIpc) is 2.78. The van der Waals surface area contributed by atoms with E-state index >= 15 is 0 Å². The van der Waals surface area contributed by atoms with Crippen molar-refractivity contribution in [3.63, 3.8) is 0 Å². The van der Waals surface area contributed by atoms with Crippen LogP contribution in [-0.2, 0) is 0 Å². The van der Waals surface area contributed by atoms with Gasteiger partial charge in [0, 0.05) is 37.3 Å². The third kappa shape index (κ3) is 4.23. The number of nitrogens with zero attached hydrogens (tertiary/aromatic N) is 3. The molecule has 0 saturated carbocycles. The summed E-state index contributed by atoms with van der Waals surface area (Å²) in [5.41, 5.74) is 1.59. The van der Waals surface area contributed by atoms with Gasteiger partial charge in [-0.15, -0.1) is 0 Å². The van der Waals surface area contributed by atoms with Gasteiger partial charge in [-0.3, -0.25) is 14.5 Å². The van der Waals surface area contributed by atoms with Gasteiger partial charge in [0.25, 0.3) is 5.91 Å². The first-order valence-corrected chi connectivity index (χ1v) is 9.59. The molecule has 0 radical (unpaired) electrons. The van der Waals surface area contributed by atoms with Crippen molar-refractivity contribution in [2.75, 3.05) is 45.9 Å². The molecule has 0 atom stereocenters. The van der Waals surface area contributed by atoms with E-state index in [4.69, 9.17) is 14.7 Å². The number of benzene rings is 2. The van der Waals surface area contributed by atoms with E-state index in [1.54, 1.807) is 47.4 Å². The Hall–Kier alpha value is -3.37. The smallest absolute Gasteiger partial charge is 0.253 e. The van der Waals surface area contributed by atoms with Crippen LogP contribution in [0.5, 0.6) is 11.5 Å². The summed E-state index contributed by atoms with van der Waals surface area (Å²) in [4.78, 5) is 29.1. The second-order valence-electron chi connectivity index (χ2n) is 7.04. The van der Waals surface area contributed by atoms with Crippen molar-refractivity contribution in [2.45, 2.75) is 0 Å². The van der Waals surface area contributed by atoms with Gasteiger partial charge in [0.2, 0.25) is 0 Å². The predicted molar refractivity (Wildman–Crippen MR) is 105 cm³/mol. The molecule has 7 heteroatoms. The molecule has 29 heavy (non-hydrogen) atoms. The highest BCUT2D eigenvalue weighted by atomic mass is 16.6. The Bertz CT molecular complexity index is 974. The van der Waals surface area contributed by atoms with Gasteiger partial charge in [0.1, 0.15) is 13.2 Å². The molecule has 148 valence electrons. The average molecular weight is 391 g/mol. The third-order valence-electron chi connectivity index (χ3n) is 5.13. The zero-order chi connectivity index (χ0) is 20.2. The Morgan fingerprint density at radius 1 is 0.931 bits per heavy atom. The lowest BCUT2D eigenvalue weighted by Gasteiger charge is -2.34. The first-order chi connectivity index (χ1) is 14.1. The zero-order valence-electron chi connectivity index (χ0n) is 16.0. The van der Waals surface area contributed by atoms with Gasteiger partial charge in [-0.05, 0) is 36.4 Å². The number of Topliss-reactive ketones (excluding diaryl/α,β-unsaturated/α-hetero) is 1. The number of hydrogen-bond acceptors (Lipinski definition) is 6. The minimum absolute atomic E-state index is 0.0171. The van der Waals surface area contributed by atoms with E-state index in [1.165, 1.54) is 0 Å². The molecule has 0 bridgehead atoms. The monoisotopic (exact) mass is 391 g/mol. The summed E-state index contributed by atoms with van der Waals surface area (Å²) in [6, 6.07) is 14.1. The summed E-state index contributed by atoms with van der Waals surface area (Å²) in [5.74, 6) is 1.21. The van der Waals surface area contributed by atoms with Gasteiger partial charge < -0.3 is 14.4 Å². The summed E-state index contributed by atoms with van der Waals surface area (Å²) in [6.07, 6.45) is 0. The predicted octanol–water partition coefficient (Wildman–Crippen LogP) is 1.97. The Balaban J connectivity index is 1.33. The molecule has 2 aromatic rings. The summed E-state index contributed by atoms with van der Waals surface area (Å²) < 4.78 is 11.0. The first-order valence-electron chi connectivity index (χ1n) is 9.59. The second kappa shape index (κ2) is 8.33. The number of amides is 1. The van der Waals surface area contributed by atoms with Crippen molar-refractivity contribution in [1.82, 2.24) is 9.80 Å². The molecular formula is C22H21N3O4. The van der Waals surface area contributed by atoms with Crippen LogP contribution in [0.4, 0.5) is 0 Å². The van der Waals surface area contributed by atoms with Gasteiger partial charge in [0.05, 0.1) is 18.2 Å². The van der Waals surface area contributed by atoms with E-state index in [9.17, 15) is 9.59 Å². The van der Waals surface area contributed by atoms with Gasteiger partial charge in [-0.1, -0.05) is 6.07 Å². The van der Waals surface area contributed by atoms with Crippen molar-refractivity contribution in [3.8, 4) is 17.6 Å². The standard InChI is InChI=1S/C22H21N3O4/c23-14-16-2-1-3-18(12-16)22(27)25-8-6-24(7-9-25)15-19(26)17-4-5-20-21(13-17)29-11-10-28-20/h1-5,12-13H,6-11,15H2. The van der Waals surface area contributed by atoms with Crippen molar-refractivity contribution < 1.29 is 19.1 Å². The van der Waals surface area contributed by atoms with Crippen molar-refractivity contribution >= 4 is 11.7 Å². The van der Waals surface area contributed by atoms with E-state index < -0.39 is 0 Å². The molecule has 2 aliphatic heterocycles. The molecule has 1 fully saturated rings. The number of fused-ring (bicyclic) bond motifs is 1. The molecule has 0 aromatic heterocycles. The van der Waals surface area contributed by atoms with Crippen molar-refractivity contribution in [2.24, 2.45) is 0 Å². The lowest BCUT2D eigenvalue weighted by molar-refractivity contribution is 0.0624. The molecule has 1 saturated heterocycles. The molecule has 2 aliphatic rings. The number of hydrogen-bond donors (Lipinski definition) is 0. The number of piperazine rings is 1. The summed E-state index contributed by atoms with van der Waals surface area (Å²) >= 11 is 0. The molecule has 0 unspecified atom stereocenters. The molecule has 1 amide bonds. The molecule has 2 aromatic carbocycles. The van der Waals surface area contributed by atoms with Crippen LogP contribution >= 0.6 is 0 Å². The minimum Gasteiger partial charge on any atom is -0.486 e. The summed E-state index contributed by atoms with van der Waals surface area (Å²) in [7, 11) is 0. The first kappa shape index (κ1) is 19.0. The van der Waals surface area contributed by atoms with Crippen LogP contribution in [0.3, 0.4) is 0 Å². The fourth-order valence-corrected chi connectivity index (χ4v) is 3.52. The van der Waals surface area contributed by atoms with E-state index in [1.807, 2.05) is 0 Å². The number of ether oxygens (including phenoxy) is 2. The highest BCUT2D eigenvalue weighted by Crippen LogP contribution is 2.30. The molecule has 4 rings (SSSR count).